The zero-order valence-electron chi connectivity index (χ0n) is 8.57. The van der Waals surface area contributed by atoms with Crippen LogP contribution in [0.3, 0.4) is 0 Å². The first-order chi connectivity index (χ1) is 6.76. The minimum Gasteiger partial charge on any atom is -0.267 e. The molecule has 0 bridgehead atoms. The molecule has 0 aromatic heterocycles. The molecule has 0 spiro atoms. The van der Waals surface area contributed by atoms with Gasteiger partial charge in [-0.3, -0.25) is 4.18 Å². The molecule has 0 aliphatic heterocycles. The van der Waals surface area contributed by atoms with E-state index in [1.165, 1.54) is 20.8 Å². The molecule has 9 heteroatoms. The van der Waals surface area contributed by atoms with Crippen molar-refractivity contribution in [3.05, 3.63) is 0 Å². The van der Waals surface area contributed by atoms with Crippen molar-refractivity contribution in [3.63, 3.8) is 0 Å². The van der Waals surface area contributed by atoms with Crippen LogP contribution in [0.4, 0.5) is 26.3 Å². The van der Waals surface area contributed by atoms with Crippen LogP contribution in [0, 0.1) is 0 Å². The molecule has 16 heavy (non-hydrogen) atoms. The van der Waals surface area contributed by atoms with Gasteiger partial charge in [0, 0.05) is 0 Å². The highest BCUT2D eigenvalue weighted by Crippen LogP contribution is 2.37. The fraction of sp³-hybridized carbons (Fsp3) is 1.00. The van der Waals surface area contributed by atoms with Gasteiger partial charge in [-0.25, -0.2) is 4.21 Å². The van der Waals surface area contributed by atoms with E-state index in [0.29, 0.717) is 0 Å². The van der Waals surface area contributed by atoms with Crippen molar-refractivity contribution < 1.29 is 34.7 Å². The number of halogens is 6. The maximum Gasteiger partial charge on any atom is 0.424 e. The van der Waals surface area contributed by atoms with E-state index in [2.05, 4.69) is 4.18 Å². The molecule has 0 N–H and O–H groups in total. The zero-order valence-corrected chi connectivity index (χ0v) is 9.39. The molecule has 0 unspecified atom stereocenters. The molecular weight excluding hydrogens is 262 g/mol. The van der Waals surface area contributed by atoms with Crippen LogP contribution in [0.1, 0.15) is 20.8 Å². The van der Waals surface area contributed by atoms with Gasteiger partial charge in [-0.1, -0.05) is 0 Å². The van der Waals surface area contributed by atoms with Gasteiger partial charge in [-0.15, -0.1) is 0 Å². The lowest BCUT2D eigenvalue weighted by Crippen LogP contribution is -2.46. The van der Waals surface area contributed by atoms with Crippen LogP contribution in [-0.4, -0.2) is 27.4 Å². The van der Waals surface area contributed by atoms with Crippen molar-refractivity contribution in [1.29, 1.82) is 0 Å². The van der Waals surface area contributed by atoms with Crippen LogP contribution >= 0.6 is 0 Å². The highest BCUT2D eigenvalue weighted by Gasteiger charge is 2.59. The van der Waals surface area contributed by atoms with E-state index in [4.69, 9.17) is 0 Å². The largest absolute Gasteiger partial charge is 0.424 e. The van der Waals surface area contributed by atoms with Crippen molar-refractivity contribution in [3.8, 4) is 0 Å². The van der Waals surface area contributed by atoms with Crippen LogP contribution in [0.5, 0.6) is 0 Å². The SMILES string of the molecule is CC(C)(C)[S@](=O)OC(C(F)(F)F)C(F)(F)F. The van der Waals surface area contributed by atoms with Crippen molar-refractivity contribution in [2.75, 3.05) is 0 Å². The summed E-state index contributed by atoms with van der Waals surface area (Å²) in [6, 6.07) is 0. The molecular formula is C7H10F6O2S. The van der Waals surface area contributed by atoms with E-state index in [0.717, 1.165) is 0 Å². The first kappa shape index (κ1) is 15.7. The molecule has 0 rings (SSSR count). The molecule has 0 aromatic carbocycles. The third-order valence-corrected chi connectivity index (χ3v) is 2.65. The maximum absolute atomic E-state index is 12.0. The standard InChI is InChI=1S/C7H10F6O2S/c1-5(2,3)16(14)15-4(6(8,9)10)7(11,12)13/h4H,1-3H3/t16-/m1/s1. The van der Waals surface area contributed by atoms with Crippen LogP contribution in [0.15, 0.2) is 0 Å². The molecule has 0 saturated carbocycles. The Bertz CT molecular complexity index is 250. The van der Waals surface area contributed by atoms with Crippen LogP contribution in [0.2, 0.25) is 0 Å². The Morgan fingerprint density at radius 2 is 1.25 bits per heavy atom. The summed E-state index contributed by atoms with van der Waals surface area (Å²) < 4.78 is 85.2. The zero-order chi connectivity index (χ0) is 13.4. The molecule has 0 aliphatic rings. The van der Waals surface area contributed by atoms with E-state index in [1.54, 1.807) is 0 Å². The van der Waals surface area contributed by atoms with Gasteiger partial charge >= 0.3 is 12.4 Å². The number of alkyl halides is 6. The predicted octanol–water partition coefficient (Wildman–Crippen LogP) is 2.96. The quantitative estimate of drug-likeness (QED) is 0.722. The van der Waals surface area contributed by atoms with Crippen molar-refractivity contribution in [1.82, 2.24) is 0 Å². The summed E-state index contributed by atoms with van der Waals surface area (Å²) in [6.07, 6.45) is -15.3. The average molecular weight is 272 g/mol. The predicted molar refractivity (Wildman–Crippen MR) is 44.9 cm³/mol. The third kappa shape index (κ3) is 4.69. The average Bonchev–Trinajstić information content (AvgIpc) is 1.92. The van der Waals surface area contributed by atoms with E-state index in [1.807, 2.05) is 0 Å². The van der Waals surface area contributed by atoms with E-state index in [-0.39, 0.29) is 0 Å². The topological polar surface area (TPSA) is 26.3 Å². The number of hydrogen-bond donors (Lipinski definition) is 0. The monoisotopic (exact) mass is 272 g/mol. The summed E-state index contributed by atoms with van der Waals surface area (Å²) >= 11 is -2.70. The molecule has 0 aliphatic carbocycles. The Morgan fingerprint density at radius 3 is 1.44 bits per heavy atom. The summed E-state index contributed by atoms with van der Waals surface area (Å²) in [5.74, 6) is 0. The van der Waals surface area contributed by atoms with Gasteiger partial charge in [0.25, 0.3) is 6.10 Å². The molecule has 0 aromatic rings. The lowest BCUT2D eigenvalue weighted by Gasteiger charge is -2.25. The molecule has 98 valence electrons. The van der Waals surface area contributed by atoms with E-state index < -0.39 is 34.3 Å². The molecule has 0 heterocycles. The lowest BCUT2D eigenvalue weighted by molar-refractivity contribution is -0.298. The Kier molecular flexibility index (Phi) is 4.43. The van der Waals surface area contributed by atoms with Gasteiger partial charge in [0.1, 0.15) is 0 Å². The number of rotatable bonds is 2. The molecule has 0 radical (unpaired) electrons. The van der Waals surface area contributed by atoms with Crippen LogP contribution in [-0.2, 0) is 15.3 Å². The Labute approximate surface area is 90.6 Å². The summed E-state index contributed by atoms with van der Waals surface area (Å²) in [7, 11) is 0. The highest BCUT2D eigenvalue weighted by atomic mass is 32.2. The van der Waals surface area contributed by atoms with Gasteiger partial charge in [-0.05, 0) is 20.8 Å². The molecule has 2 nitrogen and oxygen atoms in total. The van der Waals surface area contributed by atoms with Gasteiger partial charge in [0.05, 0.1) is 4.75 Å². The van der Waals surface area contributed by atoms with Crippen LogP contribution in [0.25, 0.3) is 0 Å². The van der Waals surface area contributed by atoms with Gasteiger partial charge in [0.2, 0.25) is 0 Å². The molecule has 0 fully saturated rings. The smallest absolute Gasteiger partial charge is 0.267 e. The molecule has 0 amide bonds. The normalized spacial score (nSPS) is 16.6. The Hall–Kier alpha value is -0.310. The lowest BCUT2D eigenvalue weighted by atomic mass is 10.3. The molecule has 0 saturated heterocycles. The summed E-state index contributed by atoms with van der Waals surface area (Å²) in [5.41, 5.74) is 0. The van der Waals surface area contributed by atoms with Gasteiger partial charge in [0.15, 0.2) is 11.1 Å². The minimum absolute atomic E-state index is 1.20. The first-order valence-corrected chi connectivity index (χ1v) is 5.06. The second-order valence-corrected chi connectivity index (χ2v) is 5.79. The van der Waals surface area contributed by atoms with Crippen molar-refractivity contribution in [2.24, 2.45) is 0 Å². The Morgan fingerprint density at radius 1 is 0.938 bits per heavy atom. The fourth-order valence-corrected chi connectivity index (χ4v) is 1.21. The minimum atomic E-state index is -5.64. The first-order valence-electron chi connectivity index (χ1n) is 3.98. The molecule has 1 atom stereocenters. The van der Waals surface area contributed by atoms with E-state index >= 15 is 0 Å². The van der Waals surface area contributed by atoms with Gasteiger partial charge in [-0.2, -0.15) is 26.3 Å². The fourth-order valence-electron chi connectivity index (χ4n) is 0.526. The maximum atomic E-state index is 12.0. The highest BCUT2D eigenvalue weighted by molar-refractivity contribution is 7.81. The van der Waals surface area contributed by atoms with Crippen molar-refractivity contribution >= 4 is 11.1 Å². The Balaban J connectivity index is 4.93. The summed E-state index contributed by atoms with van der Waals surface area (Å²) in [6.45, 7) is 3.60. The van der Waals surface area contributed by atoms with Crippen molar-refractivity contribution in [2.45, 2.75) is 44.0 Å². The van der Waals surface area contributed by atoms with Gasteiger partial charge < -0.3 is 0 Å². The second-order valence-electron chi connectivity index (χ2n) is 3.91. The van der Waals surface area contributed by atoms with E-state index in [9.17, 15) is 30.6 Å². The summed E-state index contributed by atoms with van der Waals surface area (Å²) in [4.78, 5) is 0. The third-order valence-electron chi connectivity index (χ3n) is 1.28. The number of hydrogen-bond acceptors (Lipinski definition) is 2. The second kappa shape index (κ2) is 4.52. The summed E-state index contributed by atoms with van der Waals surface area (Å²) in [5, 5.41) is 0. The van der Waals surface area contributed by atoms with Crippen LogP contribution < -0.4 is 0 Å².